The maximum absolute atomic E-state index is 12.5. The number of carbonyl (C=O) groups is 1. The predicted octanol–water partition coefficient (Wildman–Crippen LogP) is 3.36. The molecule has 3 nitrogen and oxygen atoms in total. The van der Waals surface area contributed by atoms with Crippen LogP contribution < -0.4 is 5.32 Å². The Balaban J connectivity index is 1.71. The summed E-state index contributed by atoms with van der Waals surface area (Å²) in [5, 5.41) is 12.6. The fourth-order valence-corrected chi connectivity index (χ4v) is 2.40. The molecular formula is C19H20F3NO2. The van der Waals surface area contributed by atoms with Crippen LogP contribution in [0.4, 0.5) is 13.2 Å². The van der Waals surface area contributed by atoms with Crippen LogP contribution in [0.25, 0.3) is 0 Å². The molecule has 0 saturated heterocycles. The van der Waals surface area contributed by atoms with E-state index in [4.69, 9.17) is 0 Å². The van der Waals surface area contributed by atoms with Crippen molar-refractivity contribution in [3.8, 4) is 0 Å². The maximum Gasteiger partial charge on any atom is 0.416 e. The number of alkyl halides is 3. The van der Waals surface area contributed by atoms with Gasteiger partial charge >= 0.3 is 6.18 Å². The first-order valence-electron chi connectivity index (χ1n) is 7.99. The summed E-state index contributed by atoms with van der Waals surface area (Å²) in [6.45, 7) is 0.140. The van der Waals surface area contributed by atoms with Crippen molar-refractivity contribution in [2.45, 2.75) is 31.5 Å². The number of aliphatic hydroxyl groups is 1. The Labute approximate surface area is 144 Å². The number of hydrogen-bond donors (Lipinski definition) is 2. The zero-order chi connectivity index (χ0) is 18.3. The number of rotatable bonds is 7. The van der Waals surface area contributed by atoms with E-state index >= 15 is 0 Å². The van der Waals surface area contributed by atoms with Crippen molar-refractivity contribution < 1.29 is 23.1 Å². The summed E-state index contributed by atoms with van der Waals surface area (Å²) in [7, 11) is 0. The first kappa shape index (κ1) is 19.0. The van der Waals surface area contributed by atoms with Crippen molar-refractivity contribution in [1.82, 2.24) is 5.32 Å². The number of nitrogens with one attached hydrogen (secondary N) is 1. The van der Waals surface area contributed by atoms with Gasteiger partial charge in [0.25, 0.3) is 0 Å². The molecule has 0 aliphatic carbocycles. The van der Waals surface area contributed by atoms with Gasteiger partial charge in [-0.2, -0.15) is 13.2 Å². The SMILES string of the molecule is O=C(CCc1ccc(C(F)(F)F)cc1)NC[C@H](O)Cc1ccccc1. The fraction of sp³-hybridized carbons (Fsp3) is 0.316. The molecule has 1 atom stereocenters. The highest BCUT2D eigenvalue weighted by atomic mass is 19.4. The number of benzene rings is 2. The number of aliphatic hydroxyl groups excluding tert-OH is 1. The van der Waals surface area contributed by atoms with Crippen molar-refractivity contribution >= 4 is 5.91 Å². The van der Waals surface area contributed by atoms with Crippen LogP contribution in [0.15, 0.2) is 54.6 Å². The van der Waals surface area contributed by atoms with Gasteiger partial charge in [-0.05, 0) is 29.7 Å². The van der Waals surface area contributed by atoms with E-state index in [0.29, 0.717) is 18.4 Å². The average molecular weight is 351 g/mol. The Morgan fingerprint density at radius 2 is 1.64 bits per heavy atom. The lowest BCUT2D eigenvalue weighted by Crippen LogP contribution is -2.33. The molecular weight excluding hydrogens is 331 g/mol. The maximum atomic E-state index is 12.5. The summed E-state index contributed by atoms with van der Waals surface area (Å²) in [6, 6.07) is 14.2. The van der Waals surface area contributed by atoms with E-state index in [2.05, 4.69) is 5.32 Å². The van der Waals surface area contributed by atoms with Gasteiger partial charge in [0.15, 0.2) is 0 Å². The van der Waals surface area contributed by atoms with E-state index < -0.39 is 17.8 Å². The van der Waals surface area contributed by atoms with Gasteiger partial charge in [-0.1, -0.05) is 42.5 Å². The molecule has 2 aromatic carbocycles. The topological polar surface area (TPSA) is 49.3 Å². The van der Waals surface area contributed by atoms with Crippen molar-refractivity contribution in [2.75, 3.05) is 6.54 Å². The third-order valence-electron chi connectivity index (χ3n) is 3.77. The minimum absolute atomic E-state index is 0.140. The van der Waals surface area contributed by atoms with Crippen LogP contribution in [0.5, 0.6) is 0 Å². The van der Waals surface area contributed by atoms with Gasteiger partial charge in [-0.3, -0.25) is 4.79 Å². The molecule has 0 heterocycles. The lowest BCUT2D eigenvalue weighted by atomic mass is 10.1. The van der Waals surface area contributed by atoms with Crippen LogP contribution in [0.2, 0.25) is 0 Å². The molecule has 0 spiro atoms. The lowest BCUT2D eigenvalue weighted by molar-refractivity contribution is -0.137. The summed E-state index contributed by atoms with van der Waals surface area (Å²) in [4.78, 5) is 11.8. The van der Waals surface area contributed by atoms with Gasteiger partial charge in [-0.25, -0.2) is 0 Å². The Morgan fingerprint density at radius 1 is 1.00 bits per heavy atom. The second-order valence-electron chi connectivity index (χ2n) is 5.84. The van der Waals surface area contributed by atoms with Crippen molar-refractivity contribution in [3.05, 3.63) is 71.3 Å². The molecule has 0 unspecified atom stereocenters. The van der Waals surface area contributed by atoms with Gasteiger partial charge in [0.1, 0.15) is 0 Å². The van der Waals surface area contributed by atoms with Crippen LogP contribution in [0, 0.1) is 0 Å². The third-order valence-corrected chi connectivity index (χ3v) is 3.77. The highest BCUT2D eigenvalue weighted by Gasteiger charge is 2.29. The quantitative estimate of drug-likeness (QED) is 0.804. The second kappa shape index (κ2) is 8.67. The first-order valence-corrected chi connectivity index (χ1v) is 7.99. The minimum atomic E-state index is -4.36. The molecule has 6 heteroatoms. The van der Waals surface area contributed by atoms with E-state index in [0.717, 1.165) is 17.7 Å². The van der Waals surface area contributed by atoms with Crippen LogP contribution in [0.3, 0.4) is 0 Å². The van der Waals surface area contributed by atoms with Gasteiger partial charge in [-0.15, -0.1) is 0 Å². The Kier molecular flexibility index (Phi) is 6.58. The van der Waals surface area contributed by atoms with Gasteiger partial charge in [0.2, 0.25) is 5.91 Å². The number of hydrogen-bond acceptors (Lipinski definition) is 2. The molecule has 2 aromatic rings. The summed E-state index contributed by atoms with van der Waals surface area (Å²) in [6.07, 6.45) is -4.09. The standard InChI is InChI=1S/C19H20F3NO2/c20-19(21,22)16-9-6-14(7-10-16)8-11-18(25)23-13-17(24)12-15-4-2-1-3-5-15/h1-7,9-10,17,24H,8,11-13H2,(H,23,25)/t17-/m1/s1. The normalized spacial score (nSPS) is 12.6. The highest BCUT2D eigenvalue weighted by Crippen LogP contribution is 2.29. The third kappa shape index (κ3) is 6.58. The Hall–Kier alpha value is -2.34. The van der Waals surface area contributed by atoms with Crippen molar-refractivity contribution in [2.24, 2.45) is 0 Å². The second-order valence-corrected chi connectivity index (χ2v) is 5.84. The number of halogens is 3. The van der Waals surface area contributed by atoms with Crippen molar-refractivity contribution in [3.63, 3.8) is 0 Å². The highest BCUT2D eigenvalue weighted by molar-refractivity contribution is 5.76. The van der Waals surface area contributed by atoms with Gasteiger partial charge in [0.05, 0.1) is 11.7 Å². The van der Waals surface area contributed by atoms with E-state index in [1.807, 2.05) is 30.3 Å². The molecule has 0 bridgehead atoms. The van der Waals surface area contributed by atoms with E-state index in [-0.39, 0.29) is 18.9 Å². The Morgan fingerprint density at radius 3 is 2.24 bits per heavy atom. The molecule has 25 heavy (non-hydrogen) atoms. The van der Waals surface area contributed by atoms with Crippen LogP contribution >= 0.6 is 0 Å². The summed E-state index contributed by atoms with van der Waals surface area (Å²) in [5.41, 5.74) is 0.937. The van der Waals surface area contributed by atoms with Crippen LogP contribution in [-0.2, 0) is 23.8 Å². The van der Waals surface area contributed by atoms with E-state index in [1.54, 1.807) is 0 Å². The summed E-state index contributed by atoms with van der Waals surface area (Å²) < 4.78 is 37.4. The van der Waals surface area contributed by atoms with Gasteiger partial charge in [0, 0.05) is 19.4 Å². The molecule has 0 radical (unpaired) electrons. The molecule has 1 amide bonds. The molecule has 2 rings (SSSR count). The lowest BCUT2D eigenvalue weighted by Gasteiger charge is -2.12. The Bertz CT molecular complexity index is 669. The molecule has 0 aromatic heterocycles. The molecule has 0 aliphatic heterocycles. The molecule has 0 saturated carbocycles. The fourth-order valence-electron chi connectivity index (χ4n) is 2.40. The van der Waals surface area contributed by atoms with E-state index in [1.165, 1.54) is 12.1 Å². The molecule has 0 fully saturated rings. The zero-order valence-electron chi connectivity index (χ0n) is 13.6. The first-order chi connectivity index (χ1) is 11.8. The molecule has 0 aliphatic rings. The van der Waals surface area contributed by atoms with Gasteiger partial charge < -0.3 is 10.4 Å². The predicted molar refractivity (Wildman–Crippen MR) is 88.9 cm³/mol. The van der Waals surface area contributed by atoms with Crippen molar-refractivity contribution in [1.29, 1.82) is 0 Å². The summed E-state index contributed by atoms with van der Waals surface area (Å²) >= 11 is 0. The molecule has 134 valence electrons. The minimum Gasteiger partial charge on any atom is -0.391 e. The molecule has 2 N–H and O–H groups in total. The monoisotopic (exact) mass is 351 g/mol. The average Bonchev–Trinajstić information content (AvgIpc) is 2.58. The number of amides is 1. The van der Waals surface area contributed by atoms with E-state index in [9.17, 15) is 23.1 Å². The smallest absolute Gasteiger partial charge is 0.391 e. The largest absolute Gasteiger partial charge is 0.416 e. The zero-order valence-corrected chi connectivity index (χ0v) is 13.6. The number of aryl methyl sites for hydroxylation is 1. The van der Waals surface area contributed by atoms with Crippen LogP contribution in [0.1, 0.15) is 23.1 Å². The van der Waals surface area contributed by atoms with Crippen LogP contribution in [-0.4, -0.2) is 23.7 Å². The number of carbonyl (C=O) groups excluding carboxylic acids is 1. The summed E-state index contributed by atoms with van der Waals surface area (Å²) in [5.74, 6) is -0.244.